The van der Waals surface area contributed by atoms with E-state index in [1.54, 1.807) is 45.9 Å². The molecule has 0 spiro atoms. The summed E-state index contributed by atoms with van der Waals surface area (Å²) >= 11 is 6.34. The molecule has 4 N–H and O–H groups in total. The summed E-state index contributed by atoms with van der Waals surface area (Å²) in [7, 11) is 1.43. The van der Waals surface area contributed by atoms with Gasteiger partial charge in [-0.1, -0.05) is 41.9 Å². The summed E-state index contributed by atoms with van der Waals surface area (Å²) < 4.78 is 5.25. The molecule has 0 radical (unpaired) electrons. The molecule has 0 aliphatic heterocycles. The number of nitrogens with one attached hydrogen (secondary N) is 2. The van der Waals surface area contributed by atoms with E-state index < -0.39 is 47.9 Å². The van der Waals surface area contributed by atoms with Crippen molar-refractivity contribution in [2.75, 3.05) is 12.4 Å². The molecular weight excluding hydrogens is 496 g/mol. The Kier molecular flexibility index (Phi) is 9.69. The maximum absolute atomic E-state index is 13.8. The molecule has 2 unspecified atom stereocenters. The molecule has 200 valence electrons. The van der Waals surface area contributed by atoms with Crippen LogP contribution in [-0.2, 0) is 19.1 Å². The first-order valence-corrected chi connectivity index (χ1v) is 12.2. The molecule has 0 saturated heterocycles. The number of hydrogen-bond acceptors (Lipinski definition) is 5. The van der Waals surface area contributed by atoms with Gasteiger partial charge in [0, 0.05) is 7.05 Å². The third-order valence-corrected chi connectivity index (χ3v) is 5.98. The van der Waals surface area contributed by atoms with Crippen molar-refractivity contribution in [2.45, 2.75) is 65.6 Å². The average Bonchev–Trinajstić information content (AvgIpc) is 2.76. The first kappa shape index (κ1) is 29.6. The Morgan fingerprint density at radius 1 is 1.00 bits per heavy atom. The number of halogens is 1. The number of primary amides is 1. The number of rotatable bonds is 8. The van der Waals surface area contributed by atoms with Crippen LogP contribution in [0.3, 0.4) is 0 Å². The Bertz CT molecular complexity index is 1150. The van der Waals surface area contributed by atoms with Gasteiger partial charge >= 0.3 is 6.09 Å². The number of ether oxygens (including phenoxy) is 1. The summed E-state index contributed by atoms with van der Waals surface area (Å²) in [6.07, 6.45) is -1.37. The number of hydrogen-bond donors (Lipinski definition) is 3. The summed E-state index contributed by atoms with van der Waals surface area (Å²) in [5.74, 6) is -2.01. The van der Waals surface area contributed by atoms with Crippen molar-refractivity contribution in [1.82, 2.24) is 10.2 Å². The maximum atomic E-state index is 13.8. The monoisotopic (exact) mass is 530 g/mol. The fourth-order valence-electron chi connectivity index (χ4n) is 3.97. The number of carbonyl (C=O) groups excluding carboxylic acids is 4. The standard InChI is InChI=1S/C27H35ClN4O5/c1-15-10-8-11-16(2)21(15)23(24(34)31-22-17(3)12-9-13-18(22)28)32(7)25(35)19(14-20(29)33)30-26(36)37-27(4,5)6/h8-13,19,23H,14H2,1-7H3,(H2,29,33)(H,30,36)(H,31,34). The molecule has 2 rings (SSSR count). The molecule has 9 nitrogen and oxygen atoms in total. The summed E-state index contributed by atoms with van der Waals surface area (Å²) in [6.45, 7) is 10.5. The van der Waals surface area contributed by atoms with Crippen LogP contribution < -0.4 is 16.4 Å². The average molecular weight is 531 g/mol. The Balaban J connectivity index is 2.51. The summed E-state index contributed by atoms with van der Waals surface area (Å²) in [5, 5.41) is 5.62. The normalized spacial score (nSPS) is 12.8. The number of nitrogens with zero attached hydrogens (tertiary/aromatic N) is 1. The van der Waals surface area contributed by atoms with Crippen LogP contribution in [0.25, 0.3) is 0 Å². The highest BCUT2D eigenvalue weighted by Crippen LogP contribution is 2.31. The second-order valence-electron chi connectivity index (χ2n) is 9.95. The van der Waals surface area contributed by atoms with Gasteiger partial charge in [-0.15, -0.1) is 0 Å². The Labute approximate surface area is 222 Å². The Hall–Kier alpha value is -3.59. The van der Waals surface area contributed by atoms with Gasteiger partial charge in [-0.25, -0.2) is 4.79 Å². The SMILES string of the molecule is Cc1cccc(Cl)c1NC(=O)C(c1c(C)cccc1C)N(C)C(=O)C(CC(N)=O)NC(=O)OC(C)(C)C. The minimum atomic E-state index is -1.35. The van der Waals surface area contributed by atoms with Crippen LogP contribution in [0, 0.1) is 20.8 Å². The van der Waals surface area contributed by atoms with E-state index in [-0.39, 0.29) is 0 Å². The third-order valence-electron chi connectivity index (χ3n) is 5.66. The van der Waals surface area contributed by atoms with Crippen LogP contribution in [-0.4, -0.2) is 47.4 Å². The van der Waals surface area contributed by atoms with Crippen molar-refractivity contribution >= 4 is 41.1 Å². The van der Waals surface area contributed by atoms with E-state index in [0.29, 0.717) is 16.3 Å². The highest BCUT2D eigenvalue weighted by Gasteiger charge is 2.36. The van der Waals surface area contributed by atoms with Gasteiger partial charge in [0.1, 0.15) is 17.7 Å². The van der Waals surface area contributed by atoms with Crippen molar-refractivity contribution in [3.63, 3.8) is 0 Å². The molecular formula is C27H35ClN4O5. The molecule has 2 aromatic carbocycles. The summed E-state index contributed by atoms with van der Waals surface area (Å²) in [5.41, 5.74) is 7.87. The van der Waals surface area contributed by atoms with Crippen molar-refractivity contribution in [3.05, 3.63) is 63.7 Å². The lowest BCUT2D eigenvalue weighted by Crippen LogP contribution is -2.52. The predicted molar refractivity (Wildman–Crippen MR) is 143 cm³/mol. The van der Waals surface area contributed by atoms with E-state index in [9.17, 15) is 19.2 Å². The molecule has 2 atom stereocenters. The van der Waals surface area contributed by atoms with Crippen molar-refractivity contribution in [1.29, 1.82) is 0 Å². The number of nitrogens with two attached hydrogens (primary N) is 1. The first-order chi connectivity index (χ1) is 17.1. The van der Waals surface area contributed by atoms with Crippen LogP contribution in [0.2, 0.25) is 5.02 Å². The number of aryl methyl sites for hydroxylation is 3. The van der Waals surface area contributed by atoms with E-state index in [1.165, 1.54) is 11.9 Å². The number of anilines is 1. The molecule has 0 aliphatic rings. The molecule has 0 heterocycles. The molecule has 0 bridgehead atoms. The second-order valence-corrected chi connectivity index (χ2v) is 10.4. The van der Waals surface area contributed by atoms with Crippen LogP contribution >= 0.6 is 11.6 Å². The molecule has 0 fully saturated rings. The number of likely N-dealkylation sites (N-methyl/N-ethyl adjacent to an activating group) is 1. The van der Waals surface area contributed by atoms with E-state index in [0.717, 1.165) is 16.7 Å². The molecule has 0 aromatic heterocycles. The molecule has 4 amide bonds. The molecule has 10 heteroatoms. The zero-order chi connectivity index (χ0) is 28.1. The second kappa shape index (κ2) is 12.1. The van der Waals surface area contributed by atoms with E-state index in [2.05, 4.69) is 10.6 Å². The number of alkyl carbamates (subject to hydrolysis) is 1. The Morgan fingerprint density at radius 2 is 1.54 bits per heavy atom. The van der Waals surface area contributed by atoms with Crippen LogP contribution in [0.15, 0.2) is 36.4 Å². The predicted octanol–water partition coefficient (Wildman–Crippen LogP) is 4.17. The summed E-state index contributed by atoms with van der Waals surface area (Å²) in [6, 6.07) is 8.28. The van der Waals surface area contributed by atoms with Crippen LogP contribution in [0.1, 0.15) is 55.5 Å². The molecule has 0 saturated carbocycles. The topological polar surface area (TPSA) is 131 Å². The third kappa shape index (κ3) is 7.95. The van der Waals surface area contributed by atoms with Crippen molar-refractivity contribution < 1.29 is 23.9 Å². The fraction of sp³-hybridized carbons (Fsp3) is 0.407. The molecule has 0 aliphatic carbocycles. The van der Waals surface area contributed by atoms with Gasteiger partial charge < -0.3 is 26.0 Å². The van der Waals surface area contributed by atoms with Gasteiger partial charge in [-0.2, -0.15) is 0 Å². The lowest BCUT2D eigenvalue weighted by atomic mass is 9.93. The van der Waals surface area contributed by atoms with Gasteiger partial charge in [0.15, 0.2) is 0 Å². The number of para-hydroxylation sites is 1. The minimum absolute atomic E-state index is 0.348. The zero-order valence-corrected chi connectivity index (χ0v) is 23.0. The fourth-order valence-corrected chi connectivity index (χ4v) is 4.23. The number of benzene rings is 2. The smallest absolute Gasteiger partial charge is 0.408 e. The van der Waals surface area contributed by atoms with Crippen molar-refractivity contribution in [3.8, 4) is 0 Å². The van der Waals surface area contributed by atoms with Crippen LogP contribution in [0.4, 0.5) is 10.5 Å². The maximum Gasteiger partial charge on any atom is 0.408 e. The number of carbonyl (C=O) groups is 4. The number of amides is 4. The van der Waals surface area contributed by atoms with Gasteiger partial charge in [0.2, 0.25) is 11.8 Å². The van der Waals surface area contributed by atoms with Gasteiger partial charge in [0.05, 0.1) is 17.1 Å². The van der Waals surface area contributed by atoms with Gasteiger partial charge in [-0.05, 0) is 69.9 Å². The zero-order valence-electron chi connectivity index (χ0n) is 22.3. The highest BCUT2D eigenvalue weighted by molar-refractivity contribution is 6.34. The lowest BCUT2D eigenvalue weighted by Gasteiger charge is -2.33. The van der Waals surface area contributed by atoms with Gasteiger partial charge in [-0.3, -0.25) is 14.4 Å². The van der Waals surface area contributed by atoms with E-state index in [1.807, 2.05) is 32.0 Å². The Morgan fingerprint density at radius 3 is 2.05 bits per heavy atom. The van der Waals surface area contributed by atoms with E-state index in [4.69, 9.17) is 22.1 Å². The van der Waals surface area contributed by atoms with Crippen molar-refractivity contribution in [2.24, 2.45) is 5.73 Å². The quantitative estimate of drug-likeness (QED) is 0.471. The van der Waals surface area contributed by atoms with Crippen LogP contribution in [0.5, 0.6) is 0 Å². The molecule has 2 aromatic rings. The lowest BCUT2D eigenvalue weighted by molar-refractivity contribution is -0.140. The van der Waals surface area contributed by atoms with Gasteiger partial charge in [0.25, 0.3) is 5.91 Å². The highest BCUT2D eigenvalue weighted by atomic mass is 35.5. The minimum Gasteiger partial charge on any atom is -0.444 e. The largest absolute Gasteiger partial charge is 0.444 e. The first-order valence-electron chi connectivity index (χ1n) is 11.8. The molecule has 37 heavy (non-hydrogen) atoms. The van der Waals surface area contributed by atoms with E-state index >= 15 is 0 Å². The summed E-state index contributed by atoms with van der Waals surface area (Å²) in [4.78, 5) is 52.8.